The molecule has 190 valence electrons. The van der Waals surface area contributed by atoms with Crippen LogP contribution < -0.4 is 19.8 Å². The van der Waals surface area contributed by atoms with Crippen LogP contribution in [-0.2, 0) is 23.4 Å². The Labute approximate surface area is 210 Å². The van der Waals surface area contributed by atoms with E-state index < -0.39 is 27.2 Å². The van der Waals surface area contributed by atoms with Gasteiger partial charge in [0, 0.05) is 28.1 Å². The average molecular weight is 511 g/mol. The molecule has 1 N–H and O–H groups in total. The Bertz CT molecular complexity index is 1510. The molecule has 2 aromatic heterocycles. The van der Waals surface area contributed by atoms with Crippen molar-refractivity contribution in [1.82, 2.24) is 9.55 Å². The van der Waals surface area contributed by atoms with Crippen LogP contribution in [0.4, 0.5) is 0 Å². The van der Waals surface area contributed by atoms with Crippen molar-refractivity contribution in [3.8, 4) is 28.6 Å². The number of ether oxygens (including phenoxy) is 3. The highest BCUT2D eigenvalue weighted by molar-refractivity contribution is 8.32. The van der Waals surface area contributed by atoms with Gasteiger partial charge in [0.25, 0.3) is 5.56 Å². The summed E-state index contributed by atoms with van der Waals surface area (Å²) < 4.78 is 18.9. The number of hydrogen-bond donors (Lipinski definition) is 1. The van der Waals surface area contributed by atoms with Crippen LogP contribution in [0.25, 0.3) is 22.3 Å². The van der Waals surface area contributed by atoms with E-state index in [-0.39, 0.29) is 12.2 Å². The highest BCUT2D eigenvalue weighted by Crippen LogP contribution is 2.46. The molecule has 0 saturated heterocycles. The second kappa shape index (κ2) is 7.98. The van der Waals surface area contributed by atoms with Crippen LogP contribution in [0.5, 0.6) is 17.2 Å². The highest BCUT2D eigenvalue weighted by Gasteiger charge is 2.42. The Hall–Kier alpha value is -3.04. The number of aryl methyl sites for hydroxylation is 1. The van der Waals surface area contributed by atoms with Gasteiger partial charge in [0.05, 0.1) is 29.9 Å². The normalized spacial score (nSPS) is 20.5. The number of nitrogens with zero attached hydrogens (tertiary/aromatic N) is 2. The summed E-state index contributed by atoms with van der Waals surface area (Å²) in [5.74, 6) is 1.87. The second-order valence-electron chi connectivity index (χ2n) is 10.7. The van der Waals surface area contributed by atoms with E-state index >= 15 is 0 Å². The maximum absolute atomic E-state index is 13.4. The molecule has 36 heavy (non-hydrogen) atoms. The zero-order valence-corrected chi connectivity index (χ0v) is 21.8. The van der Waals surface area contributed by atoms with E-state index in [0.717, 1.165) is 40.0 Å². The molecule has 0 bridgehead atoms. The van der Waals surface area contributed by atoms with Gasteiger partial charge in [0.1, 0.15) is 18.8 Å². The number of benzene rings is 1. The van der Waals surface area contributed by atoms with E-state index in [0.29, 0.717) is 48.9 Å². The van der Waals surface area contributed by atoms with Gasteiger partial charge in [0.15, 0.2) is 11.5 Å². The summed E-state index contributed by atoms with van der Waals surface area (Å²) in [5.41, 5.74) is 2.60. The van der Waals surface area contributed by atoms with Crippen molar-refractivity contribution in [1.29, 1.82) is 0 Å². The Balaban J connectivity index is 1.55. The maximum atomic E-state index is 13.4. The van der Waals surface area contributed by atoms with Gasteiger partial charge in [-0.25, -0.2) is 15.0 Å². The number of fused-ring (bicyclic) bond motifs is 6. The third kappa shape index (κ3) is 3.59. The first kappa shape index (κ1) is 23.4. The Morgan fingerprint density at radius 2 is 1.89 bits per heavy atom. The molecule has 6 rings (SSSR count). The maximum Gasteiger partial charge on any atom is 0.314 e. The van der Waals surface area contributed by atoms with E-state index in [1.54, 1.807) is 17.6 Å². The third-order valence-electron chi connectivity index (χ3n) is 7.34. The zero-order valence-electron chi connectivity index (χ0n) is 21.0. The van der Waals surface area contributed by atoms with Crippen LogP contribution >= 0.6 is 10.0 Å². The molecule has 3 aromatic rings. The molecule has 5 heterocycles. The molecule has 0 aliphatic carbocycles. The molecule has 0 unspecified atom stereocenters. The molecular weight excluding hydrogens is 480 g/mol. The summed E-state index contributed by atoms with van der Waals surface area (Å²) in [6.07, 6.45) is 7.86. The molecule has 3 aliphatic rings. The van der Waals surface area contributed by atoms with Crippen LogP contribution in [-0.4, -0.2) is 58.4 Å². The molecule has 9 heteroatoms. The van der Waals surface area contributed by atoms with E-state index in [1.807, 2.05) is 6.07 Å². The molecular formula is C27H30N2O6S. The van der Waals surface area contributed by atoms with Gasteiger partial charge in [-0.1, -0.05) is 6.92 Å². The Morgan fingerprint density at radius 3 is 2.64 bits per heavy atom. The van der Waals surface area contributed by atoms with Crippen LogP contribution in [0.3, 0.4) is 0 Å². The topological polar surface area (TPSA) is 99.9 Å². The number of pyridine rings is 2. The van der Waals surface area contributed by atoms with Gasteiger partial charge < -0.3 is 19.3 Å². The molecule has 0 spiro atoms. The number of aliphatic hydroxyl groups is 1. The number of esters is 1. The lowest BCUT2D eigenvalue weighted by atomic mass is 9.85. The minimum Gasteiger partial charge on any atom is -0.486 e. The minimum atomic E-state index is -1.44. The summed E-state index contributed by atoms with van der Waals surface area (Å²) in [6, 6.07) is 5.78. The predicted octanol–water partition coefficient (Wildman–Crippen LogP) is 3.34. The van der Waals surface area contributed by atoms with E-state index in [9.17, 15) is 14.7 Å². The molecule has 8 nitrogen and oxygen atoms in total. The molecule has 0 amide bonds. The lowest BCUT2D eigenvalue weighted by Crippen LogP contribution is -2.39. The monoisotopic (exact) mass is 510 g/mol. The number of rotatable bonds is 4. The summed E-state index contributed by atoms with van der Waals surface area (Å²) in [4.78, 5) is 30.6. The first-order valence-electron chi connectivity index (χ1n) is 12.2. The van der Waals surface area contributed by atoms with Crippen LogP contribution in [0.15, 0.2) is 23.0 Å². The lowest BCUT2D eigenvalue weighted by Gasteiger charge is -2.32. The summed E-state index contributed by atoms with van der Waals surface area (Å²) in [5, 5.41) is 12.2. The van der Waals surface area contributed by atoms with Crippen molar-refractivity contribution in [2.45, 2.75) is 38.3 Å². The fourth-order valence-corrected chi connectivity index (χ4v) is 6.15. The summed E-state index contributed by atoms with van der Waals surface area (Å²) in [7, 11) is -0.733. The standard InChI is InChI=1S/C27H30N2O6S/c1-5-27(32)13-22(30)35-25-18(27)11-20-23-15(14-29(20)26(25)31)10-17-16(6-9-36(2,3)4)24-21(12-19(17)28-23)33-7-8-34-24/h10-12,32H,5-9,13-14H2,1-4H3/t27-/m1/s1. The first-order chi connectivity index (χ1) is 17.1. The van der Waals surface area contributed by atoms with Gasteiger partial charge in [-0.15, -0.1) is 0 Å². The fraction of sp³-hybridized carbons (Fsp3) is 0.444. The van der Waals surface area contributed by atoms with Gasteiger partial charge in [-0.2, -0.15) is 0 Å². The quantitative estimate of drug-likeness (QED) is 0.421. The number of hydrogen-bond acceptors (Lipinski definition) is 7. The van der Waals surface area contributed by atoms with Gasteiger partial charge in [-0.3, -0.25) is 14.2 Å². The zero-order chi connectivity index (χ0) is 25.4. The summed E-state index contributed by atoms with van der Waals surface area (Å²) >= 11 is 0. The lowest BCUT2D eigenvalue weighted by molar-refractivity contribution is -0.143. The Morgan fingerprint density at radius 1 is 1.11 bits per heavy atom. The molecule has 3 aliphatic heterocycles. The highest BCUT2D eigenvalue weighted by atomic mass is 32.3. The largest absolute Gasteiger partial charge is 0.486 e. The van der Waals surface area contributed by atoms with Gasteiger partial charge in [-0.05, 0) is 49.5 Å². The number of carbonyl (C=O) groups is 1. The second-order valence-corrected chi connectivity index (χ2v) is 15.3. The molecule has 0 saturated carbocycles. The SMILES string of the molecule is CC[C@@]1(O)CC(=O)Oc2c1cc1n(c2=O)Cc2cc3c(CCS(C)(C)C)c4c(cc3nc2-1)OCCO4. The molecule has 1 aromatic carbocycles. The third-order valence-corrected chi connectivity index (χ3v) is 8.77. The van der Waals surface area contributed by atoms with Gasteiger partial charge in [0.2, 0.25) is 5.75 Å². The fourth-order valence-electron chi connectivity index (χ4n) is 5.34. The predicted molar refractivity (Wildman–Crippen MR) is 140 cm³/mol. The van der Waals surface area contributed by atoms with Crippen molar-refractivity contribution in [2.75, 3.05) is 37.7 Å². The van der Waals surface area contributed by atoms with E-state index in [1.165, 1.54) is 0 Å². The summed E-state index contributed by atoms with van der Waals surface area (Å²) in [6.45, 7) is 3.11. The first-order valence-corrected chi connectivity index (χ1v) is 15.2. The minimum absolute atomic E-state index is 0.0807. The van der Waals surface area contributed by atoms with E-state index in [4.69, 9.17) is 19.2 Å². The van der Waals surface area contributed by atoms with Crippen LogP contribution in [0, 0.1) is 0 Å². The number of carbonyl (C=O) groups excluding carboxylic acids is 1. The van der Waals surface area contributed by atoms with Crippen molar-refractivity contribution < 1.29 is 24.1 Å². The van der Waals surface area contributed by atoms with Gasteiger partial charge >= 0.3 is 5.97 Å². The molecule has 0 radical (unpaired) electrons. The smallest absolute Gasteiger partial charge is 0.314 e. The Kier molecular flexibility index (Phi) is 5.18. The van der Waals surface area contributed by atoms with Crippen LogP contribution in [0.1, 0.15) is 36.5 Å². The number of aromatic nitrogens is 2. The van der Waals surface area contributed by atoms with E-state index in [2.05, 4.69) is 24.8 Å². The molecule has 0 fully saturated rings. The molecule has 1 atom stereocenters. The van der Waals surface area contributed by atoms with Crippen molar-refractivity contribution in [2.24, 2.45) is 0 Å². The van der Waals surface area contributed by atoms with Crippen molar-refractivity contribution >= 4 is 26.9 Å². The average Bonchev–Trinajstić information content (AvgIpc) is 3.18. The van der Waals surface area contributed by atoms with Crippen molar-refractivity contribution in [3.05, 3.63) is 45.2 Å². The van der Waals surface area contributed by atoms with Crippen LogP contribution in [0.2, 0.25) is 0 Å². The van der Waals surface area contributed by atoms with Crippen molar-refractivity contribution in [3.63, 3.8) is 0 Å².